The first kappa shape index (κ1) is 23.9. The zero-order valence-corrected chi connectivity index (χ0v) is 20.6. The van der Waals surface area contributed by atoms with Gasteiger partial charge in [0.25, 0.3) is 5.56 Å². The van der Waals surface area contributed by atoms with Crippen molar-refractivity contribution in [3.63, 3.8) is 0 Å². The number of fused-ring (bicyclic) bond motifs is 4. The molecule has 1 fully saturated rings. The first-order chi connectivity index (χ1) is 18.6. The van der Waals surface area contributed by atoms with Crippen LogP contribution in [0.4, 0.5) is 0 Å². The highest BCUT2D eigenvalue weighted by atomic mass is 16.6. The third-order valence-electron chi connectivity index (χ3n) is 7.10. The number of azide groups is 1. The number of rotatable bonds is 7. The lowest BCUT2D eigenvalue weighted by molar-refractivity contribution is -0.0818. The molecule has 0 radical (unpaired) electrons. The van der Waals surface area contributed by atoms with E-state index < -0.39 is 30.1 Å². The fourth-order valence-corrected chi connectivity index (χ4v) is 5.33. The lowest BCUT2D eigenvalue weighted by Gasteiger charge is -2.37. The van der Waals surface area contributed by atoms with Crippen LogP contribution in [0.3, 0.4) is 0 Å². The summed E-state index contributed by atoms with van der Waals surface area (Å²) in [7, 11) is 0. The molecule has 9 heteroatoms. The summed E-state index contributed by atoms with van der Waals surface area (Å²) in [6, 6.07) is 29.6. The highest BCUT2D eigenvalue weighted by Crippen LogP contribution is 2.44. The fourth-order valence-electron chi connectivity index (χ4n) is 5.33. The molecular formula is C29H25N5O4. The molecule has 4 aromatic rings. The first-order valence-corrected chi connectivity index (χ1v) is 12.4. The third kappa shape index (κ3) is 3.94. The van der Waals surface area contributed by atoms with Gasteiger partial charge in [0.1, 0.15) is 23.9 Å². The van der Waals surface area contributed by atoms with Crippen molar-refractivity contribution in [1.82, 2.24) is 9.55 Å². The Kier molecular flexibility index (Phi) is 6.17. The quantitative estimate of drug-likeness (QED) is 0.153. The molecular weight excluding hydrogens is 482 g/mol. The van der Waals surface area contributed by atoms with E-state index in [0.29, 0.717) is 5.56 Å². The van der Waals surface area contributed by atoms with E-state index in [1.165, 1.54) is 0 Å². The largest absolute Gasteiger partial charge is 0.458 e. The van der Waals surface area contributed by atoms with Gasteiger partial charge in [-0.05, 0) is 29.1 Å². The van der Waals surface area contributed by atoms with Gasteiger partial charge >= 0.3 is 6.01 Å². The molecule has 190 valence electrons. The van der Waals surface area contributed by atoms with Crippen molar-refractivity contribution in [3.8, 4) is 6.01 Å². The van der Waals surface area contributed by atoms with Gasteiger partial charge in [-0.25, -0.2) is 0 Å². The number of benzene rings is 3. The minimum atomic E-state index is -0.950. The summed E-state index contributed by atoms with van der Waals surface area (Å²) in [5, 5.41) is 3.98. The van der Waals surface area contributed by atoms with E-state index in [4.69, 9.17) is 14.2 Å². The van der Waals surface area contributed by atoms with Crippen molar-refractivity contribution in [2.45, 2.75) is 37.0 Å². The molecule has 0 spiro atoms. The van der Waals surface area contributed by atoms with Crippen molar-refractivity contribution in [2.24, 2.45) is 5.11 Å². The van der Waals surface area contributed by atoms with Crippen LogP contribution in [0.5, 0.6) is 6.01 Å². The Labute approximate surface area is 218 Å². The van der Waals surface area contributed by atoms with Crippen LogP contribution in [0.2, 0.25) is 0 Å². The molecule has 0 saturated carbocycles. The van der Waals surface area contributed by atoms with Gasteiger partial charge in [0.2, 0.25) is 0 Å². The van der Waals surface area contributed by atoms with Crippen LogP contribution in [0.1, 0.15) is 28.5 Å². The second kappa shape index (κ2) is 9.79. The summed E-state index contributed by atoms with van der Waals surface area (Å²) in [5.41, 5.74) is 11.2. The molecule has 1 aromatic heterocycles. The van der Waals surface area contributed by atoms with Gasteiger partial charge in [0, 0.05) is 16.7 Å². The minimum Gasteiger partial charge on any atom is -0.458 e. The summed E-state index contributed by atoms with van der Waals surface area (Å²) in [5.74, 6) is 0. The lowest BCUT2D eigenvalue weighted by atomic mass is 9.80. The monoisotopic (exact) mass is 507 g/mol. The van der Waals surface area contributed by atoms with E-state index in [1.54, 1.807) is 17.7 Å². The first-order valence-electron chi connectivity index (χ1n) is 12.4. The second-order valence-electron chi connectivity index (χ2n) is 9.35. The smallest absolute Gasteiger partial charge is 0.302 e. The molecule has 9 nitrogen and oxygen atoms in total. The number of hydrogen-bond donors (Lipinski definition) is 0. The highest BCUT2D eigenvalue weighted by Gasteiger charge is 2.52. The average molecular weight is 508 g/mol. The zero-order valence-electron chi connectivity index (χ0n) is 20.6. The zero-order chi connectivity index (χ0) is 26.1. The van der Waals surface area contributed by atoms with Gasteiger partial charge in [0.15, 0.2) is 6.23 Å². The van der Waals surface area contributed by atoms with Crippen LogP contribution in [0.25, 0.3) is 10.4 Å². The predicted molar refractivity (Wildman–Crippen MR) is 140 cm³/mol. The van der Waals surface area contributed by atoms with Crippen molar-refractivity contribution in [3.05, 3.63) is 140 Å². The summed E-state index contributed by atoms with van der Waals surface area (Å²) >= 11 is 0. The lowest BCUT2D eigenvalue weighted by Crippen LogP contribution is -2.44. The molecule has 0 aliphatic carbocycles. The maximum absolute atomic E-state index is 12.2. The number of nitrogens with zero attached hydrogens (tertiary/aromatic N) is 5. The summed E-state index contributed by atoms with van der Waals surface area (Å²) in [6.45, 7) is 1.79. The van der Waals surface area contributed by atoms with Crippen LogP contribution < -0.4 is 10.3 Å². The SMILES string of the molecule is Cc1cn2c(nc1=O)O[C@@H]1[C@@H](N=[N+]=[N-])[C@H]2O[C@@H]1COC(c1ccccc1)(c1ccccc1)c1ccccc1. The molecule has 3 heterocycles. The maximum Gasteiger partial charge on any atom is 0.302 e. The Morgan fingerprint density at radius 3 is 2.05 bits per heavy atom. The Bertz CT molecular complexity index is 1440. The van der Waals surface area contributed by atoms with Gasteiger partial charge in [-0.3, -0.25) is 9.36 Å². The number of ether oxygens (including phenoxy) is 3. The predicted octanol–water partition coefficient (Wildman–Crippen LogP) is 4.90. The van der Waals surface area contributed by atoms with Crippen LogP contribution in [-0.2, 0) is 15.1 Å². The molecule has 2 bridgehead atoms. The normalized spacial score (nSPS) is 21.7. The van der Waals surface area contributed by atoms with E-state index in [-0.39, 0.29) is 18.2 Å². The van der Waals surface area contributed by atoms with E-state index in [9.17, 15) is 10.3 Å². The Hall–Kier alpha value is -4.43. The van der Waals surface area contributed by atoms with Gasteiger partial charge in [-0.15, -0.1) is 0 Å². The molecule has 3 aromatic carbocycles. The number of aromatic nitrogens is 2. The van der Waals surface area contributed by atoms with Crippen LogP contribution in [0.15, 0.2) is 107 Å². The number of aryl methyl sites for hydroxylation is 1. The molecule has 2 aliphatic rings. The molecule has 2 aliphatic heterocycles. The summed E-state index contributed by atoms with van der Waals surface area (Å²) < 4.78 is 21.0. The van der Waals surface area contributed by atoms with Crippen molar-refractivity contribution in [1.29, 1.82) is 0 Å². The van der Waals surface area contributed by atoms with Gasteiger partial charge in [-0.2, -0.15) is 4.98 Å². The molecule has 6 rings (SSSR count). The van der Waals surface area contributed by atoms with Crippen LogP contribution >= 0.6 is 0 Å². The van der Waals surface area contributed by atoms with E-state index in [1.807, 2.05) is 91.0 Å². The molecule has 0 amide bonds. The summed E-state index contributed by atoms with van der Waals surface area (Å²) in [6.07, 6.45) is -0.315. The fraction of sp³-hybridized carbons (Fsp3) is 0.241. The third-order valence-corrected chi connectivity index (χ3v) is 7.10. The molecule has 38 heavy (non-hydrogen) atoms. The number of hydrogen-bond acceptors (Lipinski definition) is 6. The topological polar surface area (TPSA) is 111 Å². The van der Waals surface area contributed by atoms with Crippen molar-refractivity contribution in [2.75, 3.05) is 6.61 Å². The Morgan fingerprint density at radius 2 is 1.53 bits per heavy atom. The maximum atomic E-state index is 12.2. The van der Waals surface area contributed by atoms with E-state index in [2.05, 4.69) is 15.0 Å². The summed E-state index contributed by atoms with van der Waals surface area (Å²) in [4.78, 5) is 19.3. The molecule has 0 unspecified atom stereocenters. The molecule has 1 saturated heterocycles. The standard InChI is InChI=1S/C29H25N5O4/c1-19-17-34-27-24(32-33-30)25(38-28(34)31-26(19)35)23(37-27)18-36-29(20-11-5-2-6-12-20,21-13-7-3-8-14-21)22-15-9-4-10-16-22/h2-17,23-25,27H,18H2,1H3/t23-,24-,25+,27-/m1/s1. The average Bonchev–Trinajstić information content (AvgIpc) is 3.20. The second-order valence-corrected chi connectivity index (χ2v) is 9.35. The Balaban J connectivity index is 1.41. The Morgan fingerprint density at radius 1 is 0.974 bits per heavy atom. The molecule has 0 N–H and O–H groups in total. The van der Waals surface area contributed by atoms with Crippen LogP contribution in [-0.4, -0.2) is 34.4 Å². The van der Waals surface area contributed by atoms with Crippen molar-refractivity contribution >= 4 is 0 Å². The molecule has 4 atom stereocenters. The van der Waals surface area contributed by atoms with E-state index in [0.717, 1.165) is 16.7 Å². The van der Waals surface area contributed by atoms with E-state index >= 15 is 0 Å². The van der Waals surface area contributed by atoms with Gasteiger partial charge in [-0.1, -0.05) is 96.1 Å². The van der Waals surface area contributed by atoms with Gasteiger partial charge in [0.05, 0.1) is 6.61 Å². The highest BCUT2D eigenvalue weighted by molar-refractivity contribution is 5.47. The van der Waals surface area contributed by atoms with Crippen LogP contribution in [0, 0.1) is 6.92 Å². The van der Waals surface area contributed by atoms with Gasteiger partial charge < -0.3 is 14.2 Å². The van der Waals surface area contributed by atoms with Crippen molar-refractivity contribution < 1.29 is 14.2 Å². The minimum absolute atomic E-state index is 0.120.